The molecule has 1 saturated carbocycles. The molecule has 0 amide bonds. The first kappa shape index (κ1) is 11.7. The Hall–Kier alpha value is -1.36. The van der Waals surface area contributed by atoms with E-state index in [1.807, 2.05) is 12.1 Å². The quantitative estimate of drug-likeness (QED) is 0.488. The van der Waals surface area contributed by atoms with Crippen molar-refractivity contribution in [1.29, 1.82) is 10.5 Å². The molecule has 80 valence electrons. The molecule has 0 heterocycles. The molecule has 0 spiro atoms. The summed E-state index contributed by atoms with van der Waals surface area (Å²) in [5.74, 6) is 0. The summed E-state index contributed by atoms with van der Waals surface area (Å²) in [7, 11) is 0. The fourth-order valence-corrected chi connectivity index (χ4v) is 1.32. The van der Waals surface area contributed by atoms with Crippen molar-refractivity contribution in [3.8, 4) is 12.1 Å². The average molecular weight is 204 g/mol. The van der Waals surface area contributed by atoms with Gasteiger partial charge in [-0.05, 0) is 18.4 Å². The van der Waals surface area contributed by atoms with Crippen molar-refractivity contribution in [2.45, 2.75) is 18.9 Å². The molecular formula is C11H16N4. The van der Waals surface area contributed by atoms with Gasteiger partial charge in [-0.15, -0.1) is 0 Å². The molecule has 0 saturated heterocycles. The lowest BCUT2D eigenvalue weighted by molar-refractivity contribution is 0.368. The van der Waals surface area contributed by atoms with Crippen LogP contribution < -0.4 is 5.32 Å². The lowest BCUT2D eigenvalue weighted by Crippen LogP contribution is -2.30. The number of hydrogen-bond donors (Lipinski definition) is 1. The number of hydrogen-bond acceptors (Lipinski definition) is 4. The molecule has 1 rings (SSSR count). The molecule has 0 unspecified atom stereocenters. The molecule has 0 aromatic carbocycles. The molecule has 1 N–H and O–H groups in total. The first-order chi connectivity index (χ1) is 7.26. The summed E-state index contributed by atoms with van der Waals surface area (Å²) < 4.78 is 0. The number of nitriles is 2. The zero-order valence-corrected chi connectivity index (χ0v) is 8.87. The van der Waals surface area contributed by atoms with Crippen LogP contribution in [0.4, 0.5) is 0 Å². The molecule has 0 atom stereocenters. The highest BCUT2D eigenvalue weighted by molar-refractivity contribution is 5.03. The van der Waals surface area contributed by atoms with Crippen LogP contribution in [0.2, 0.25) is 0 Å². The minimum Gasteiger partial charge on any atom is -0.310 e. The van der Waals surface area contributed by atoms with E-state index in [0.717, 1.165) is 12.1 Å². The zero-order chi connectivity index (χ0) is 11.1. The number of rotatable bonds is 7. The molecule has 15 heavy (non-hydrogen) atoms. The Morgan fingerprint density at radius 3 is 2.40 bits per heavy atom. The monoisotopic (exact) mass is 204 g/mol. The van der Waals surface area contributed by atoms with Gasteiger partial charge in [0.1, 0.15) is 0 Å². The Bertz CT molecular complexity index is 277. The van der Waals surface area contributed by atoms with Gasteiger partial charge in [0.25, 0.3) is 0 Å². The first-order valence-electron chi connectivity index (χ1n) is 5.12. The third kappa shape index (κ3) is 5.17. The number of nitrogens with zero attached hydrogens (tertiary/aromatic N) is 3. The molecule has 4 nitrogen and oxygen atoms in total. The molecule has 0 aromatic rings. The highest BCUT2D eigenvalue weighted by Gasteiger charge is 2.20. The van der Waals surface area contributed by atoms with Crippen LogP contribution in [0.1, 0.15) is 12.8 Å². The predicted molar refractivity (Wildman–Crippen MR) is 57.8 cm³/mol. The smallest absolute Gasteiger partial charge is 0.0877 e. The van der Waals surface area contributed by atoms with Crippen molar-refractivity contribution in [2.24, 2.45) is 0 Å². The minimum absolute atomic E-state index is 0.288. The fourth-order valence-electron chi connectivity index (χ4n) is 1.32. The minimum atomic E-state index is 0.288. The Morgan fingerprint density at radius 2 is 1.93 bits per heavy atom. The van der Waals surface area contributed by atoms with Gasteiger partial charge in [-0.25, -0.2) is 0 Å². The second-order valence-corrected chi connectivity index (χ2v) is 3.87. The van der Waals surface area contributed by atoms with E-state index < -0.39 is 0 Å². The van der Waals surface area contributed by atoms with Gasteiger partial charge in [0.2, 0.25) is 0 Å². The lowest BCUT2D eigenvalue weighted by Gasteiger charge is -2.17. The van der Waals surface area contributed by atoms with Crippen LogP contribution in [-0.2, 0) is 0 Å². The van der Waals surface area contributed by atoms with Gasteiger partial charge in [0.05, 0.1) is 25.2 Å². The SMILES string of the molecule is C=C(CNC1CC1)CN(CC#N)CC#N. The molecule has 1 fully saturated rings. The molecule has 1 aliphatic carbocycles. The second kappa shape index (κ2) is 6.19. The summed E-state index contributed by atoms with van der Waals surface area (Å²) in [6.45, 7) is 5.93. The Morgan fingerprint density at radius 1 is 1.33 bits per heavy atom. The molecule has 4 heteroatoms. The summed E-state index contributed by atoms with van der Waals surface area (Å²) in [4.78, 5) is 1.79. The zero-order valence-electron chi connectivity index (χ0n) is 8.87. The average Bonchev–Trinajstić information content (AvgIpc) is 2.99. The van der Waals surface area contributed by atoms with Gasteiger partial charge in [-0.3, -0.25) is 4.90 Å². The number of nitrogens with one attached hydrogen (secondary N) is 1. The van der Waals surface area contributed by atoms with E-state index >= 15 is 0 Å². The van der Waals surface area contributed by atoms with E-state index in [4.69, 9.17) is 10.5 Å². The van der Waals surface area contributed by atoms with Gasteiger partial charge in [-0.2, -0.15) is 10.5 Å². The van der Waals surface area contributed by atoms with Crippen molar-refractivity contribution in [3.63, 3.8) is 0 Å². The molecule has 0 aromatic heterocycles. The normalized spacial score (nSPS) is 14.6. The van der Waals surface area contributed by atoms with Gasteiger partial charge >= 0.3 is 0 Å². The predicted octanol–water partition coefficient (Wildman–Crippen LogP) is 0.644. The van der Waals surface area contributed by atoms with E-state index in [2.05, 4.69) is 11.9 Å². The van der Waals surface area contributed by atoms with Crippen molar-refractivity contribution in [2.75, 3.05) is 26.2 Å². The van der Waals surface area contributed by atoms with E-state index in [0.29, 0.717) is 12.6 Å². The van der Waals surface area contributed by atoms with Crippen molar-refractivity contribution < 1.29 is 0 Å². The molecule has 0 radical (unpaired) electrons. The van der Waals surface area contributed by atoms with Crippen LogP contribution in [0.25, 0.3) is 0 Å². The van der Waals surface area contributed by atoms with E-state index in [-0.39, 0.29) is 13.1 Å². The third-order valence-corrected chi connectivity index (χ3v) is 2.25. The van der Waals surface area contributed by atoms with Crippen molar-refractivity contribution in [3.05, 3.63) is 12.2 Å². The maximum absolute atomic E-state index is 8.56. The first-order valence-corrected chi connectivity index (χ1v) is 5.12. The molecule has 0 bridgehead atoms. The summed E-state index contributed by atoms with van der Waals surface area (Å²) in [6.07, 6.45) is 2.51. The summed E-state index contributed by atoms with van der Waals surface area (Å²) in [5, 5.41) is 20.5. The molecule has 1 aliphatic rings. The summed E-state index contributed by atoms with van der Waals surface area (Å²) in [5.41, 5.74) is 1.03. The van der Waals surface area contributed by atoms with Gasteiger partial charge in [0.15, 0.2) is 0 Å². The van der Waals surface area contributed by atoms with Crippen LogP contribution in [0.15, 0.2) is 12.2 Å². The summed E-state index contributed by atoms with van der Waals surface area (Å²) in [6, 6.07) is 4.77. The maximum Gasteiger partial charge on any atom is 0.0877 e. The van der Waals surface area contributed by atoms with Gasteiger partial charge in [-0.1, -0.05) is 6.58 Å². The van der Waals surface area contributed by atoms with E-state index in [1.165, 1.54) is 12.8 Å². The van der Waals surface area contributed by atoms with Crippen LogP contribution >= 0.6 is 0 Å². The molecular weight excluding hydrogens is 188 g/mol. The van der Waals surface area contributed by atoms with Crippen LogP contribution in [0.5, 0.6) is 0 Å². The highest BCUT2D eigenvalue weighted by Crippen LogP contribution is 2.18. The van der Waals surface area contributed by atoms with Gasteiger partial charge < -0.3 is 5.32 Å². The van der Waals surface area contributed by atoms with E-state index in [1.54, 1.807) is 4.90 Å². The van der Waals surface area contributed by atoms with Crippen LogP contribution in [0, 0.1) is 22.7 Å². The second-order valence-electron chi connectivity index (χ2n) is 3.87. The Labute approximate surface area is 90.8 Å². The van der Waals surface area contributed by atoms with E-state index in [9.17, 15) is 0 Å². The lowest BCUT2D eigenvalue weighted by atomic mass is 10.2. The van der Waals surface area contributed by atoms with Crippen molar-refractivity contribution >= 4 is 0 Å². The van der Waals surface area contributed by atoms with Gasteiger partial charge in [0, 0.05) is 19.1 Å². The Kier molecular flexibility index (Phi) is 4.83. The highest BCUT2D eigenvalue weighted by atomic mass is 15.1. The Balaban J connectivity index is 2.20. The molecule has 0 aliphatic heterocycles. The fraction of sp³-hybridized carbons (Fsp3) is 0.636. The third-order valence-electron chi connectivity index (χ3n) is 2.25. The maximum atomic E-state index is 8.56. The van der Waals surface area contributed by atoms with Crippen molar-refractivity contribution in [1.82, 2.24) is 10.2 Å². The van der Waals surface area contributed by atoms with Crippen LogP contribution in [0.3, 0.4) is 0 Å². The topological polar surface area (TPSA) is 62.9 Å². The largest absolute Gasteiger partial charge is 0.310 e. The van der Waals surface area contributed by atoms with Crippen LogP contribution in [-0.4, -0.2) is 37.1 Å². The standard InChI is InChI=1S/C11H16N4/c1-10(8-14-11-2-3-11)9-15(6-4-12)7-5-13/h11,14H,1-3,6-9H2. The summed E-state index contributed by atoms with van der Waals surface area (Å²) >= 11 is 0.